The van der Waals surface area contributed by atoms with Crippen LogP contribution in [-0.4, -0.2) is 14.9 Å². The van der Waals surface area contributed by atoms with Gasteiger partial charge in [0.1, 0.15) is 0 Å². The van der Waals surface area contributed by atoms with Gasteiger partial charge in [-0.3, -0.25) is 4.79 Å². The average molecular weight is 422 g/mol. The minimum absolute atomic E-state index is 0.000221. The maximum atomic E-state index is 12.2. The SMILES string of the molecule is CCC(C)(C)C1CCC(=NNC(=O)[C@]2(C)CC2(Br)Br)CC1. The third-order valence-electron chi connectivity index (χ3n) is 5.65. The molecule has 5 heteroatoms. The van der Waals surface area contributed by atoms with Crippen molar-refractivity contribution in [1.29, 1.82) is 0 Å². The number of amides is 1. The molecule has 0 spiro atoms. The van der Waals surface area contributed by atoms with Crippen LogP contribution in [0.2, 0.25) is 0 Å². The maximum absolute atomic E-state index is 12.2. The summed E-state index contributed by atoms with van der Waals surface area (Å²) in [4.78, 5) is 12.2. The predicted molar refractivity (Wildman–Crippen MR) is 94.9 cm³/mol. The highest BCUT2D eigenvalue weighted by Crippen LogP contribution is 2.66. The van der Waals surface area contributed by atoms with E-state index in [9.17, 15) is 4.79 Å². The minimum Gasteiger partial charge on any atom is -0.272 e. The molecule has 1 atom stereocenters. The van der Waals surface area contributed by atoms with Gasteiger partial charge in [0, 0.05) is 5.71 Å². The molecule has 0 aromatic heterocycles. The smallest absolute Gasteiger partial charge is 0.248 e. The van der Waals surface area contributed by atoms with Gasteiger partial charge in [-0.05, 0) is 50.4 Å². The molecule has 0 aromatic rings. The lowest BCUT2D eigenvalue weighted by Gasteiger charge is -2.36. The zero-order valence-electron chi connectivity index (χ0n) is 13.4. The Kier molecular flexibility index (Phi) is 4.95. The Morgan fingerprint density at radius 2 is 1.90 bits per heavy atom. The van der Waals surface area contributed by atoms with E-state index in [-0.39, 0.29) is 9.14 Å². The monoisotopic (exact) mass is 420 g/mol. The summed E-state index contributed by atoms with van der Waals surface area (Å²) in [7, 11) is 0. The van der Waals surface area contributed by atoms with E-state index >= 15 is 0 Å². The van der Waals surface area contributed by atoms with Gasteiger partial charge in [-0.25, -0.2) is 5.43 Å². The van der Waals surface area contributed by atoms with E-state index in [0.29, 0.717) is 5.41 Å². The van der Waals surface area contributed by atoms with Gasteiger partial charge in [0.15, 0.2) is 0 Å². The van der Waals surface area contributed by atoms with Gasteiger partial charge >= 0.3 is 0 Å². The second-order valence-corrected chi connectivity index (χ2v) is 11.2. The highest BCUT2D eigenvalue weighted by Gasteiger charge is 2.66. The molecule has 0 radical (unpaired) electrons. The summed E-state index contributed by atoms with van der Waals surface area (Å²) in [5.41, 5.74) is 3.94. The summed E-state index contributed by atoms with van der Waals surface area (Å²) < 4.78 is -0.250. The molecule has 2 fully saturated rings. The number of alkyl halides is 2. The fraction of sp³-hybridized carbons (Fsp3) is 0.875. The van der Waals surface area contributed by atoms with Crippen molar-refractivity contribution in [2.24, 2.45) is 21.8 Å². The molecule has 1 amide bonds. The van der Waals surface area contributed by atoms with Gasteiger partial charge < -0.3 is 0 Å². The molecule has 0 bridgehead atoms. The first-order valence-electron chi connectivity index (χ1n) is 7.86. The molecular formula is C16H26Br2N2O. The van der Waals surface area contributed by atoms with Crippen LogP contribution < -0.4 is 5.43 Å². The number of carbonyl (C=O) groups is 1. The number of nitrogens with zero attached hydrogens (tertiary/aromatic N) is 1. The fourth-order valence-electron chi connectivity index (χ4n) is 3.03. The Labute approximate surface area is 145 Å². The van der Waals surface area contributed by atoms with Crippen molar-refractivity contribution in [3.8, 4) is 0 Å². The lowest BCUT2D eigenvalue weighted by Crippen LogP contribution is -2.32. The van der Waals surface area contributed by atoms with Crippen LogP contribution in [0.25, 0.3) is 0 Å². The standard InChI is InChI=1S/C16H26Br2N2O/c1-5-14(2,3)11-6-8-12(9-7-11)19-20-13(21)15(4)10-16(15,17)18/h11H,5-10H2,1-4H3,(H,20,21)/t11?,15-/m0/s1. The predicted octanol–water partition coefficient (Wildman–Crippen LogP) is 4.98. The van der Waals surface area contributed by atoms with Gasteiger partial charge in [0.05, 0.1) is 8.65 Å². The molecule has 0 heterocycles. The van der Waals surface area contributed by atoms with E-state index in [2.05, 4.69) is 63.2 Å². The zero-order valence-corrected chi connectivity index (χ0v) is 16.6. The van der Waals surface area contributed by atoms with E-state index in [0.717, 1.165) is 30.9 Å². The fourth-order valence-corrected chi connectivity index (χ4v) is 4.51. The number of halogens is 2. The first-order valence-corrected chi connectivity index (χ1v) is 9.45. The van der Waals surface area contributed by atoms with E-state index in [1.54, 1.807) is 0 Å². The summed E-state index contributed by atoms with van der Waals surface area (Å²) in [5.74, 6) is 0.774. The summed E-state index contributed by atoms with van der Waals surface area (Å²) in [6.45, 7) is 8.95. The van der Waals surface area contributed by atoms with Crippen LogP contribution in [-0.2, 0) is 4.79 Å². The topological polar surface area (TPSA) is 41.5 Å². The molecule has 0 unspecified atom stereocenters. The molecule has 21 heavy (non-hydrogen) atoms. The van der Waals surface area contributed by atoms with Crippen LogP contribution in [0, 0.1) is 16.7 Å². The average Bonchev–Trinajstić information content (AvgIpc) is 2.96. The molecule has 120 valence electrons. The molecule has 2 saturated carbocycles. The van der Waals surface area contributed by atoms with Crippen molar-refractivity contribution in [2.45, 2.75) is 69.5 Å². The second kappa shape index (κ2) is 5.95. The number of hydrogen-bond donors (Lipinski definition) is 1. The first kappa shape index (κ1) is 17.5. The van der Waals surface area contributed by atoms with Crippen LogP contribution in [0.5, 0.6) is 0 Å². The number of hydrazone groups is 1. The molecule has 0 aromatic carbocycles. The van der Waals surface area contributed by atoms with Crippen molar-refractivity contribution >= 4 is 43.5 Å². The lowest BCUT2D eigenvalue weighted by atomic mass is 9.69. The van der Waals surface area contributed by atoms with Crippen LogP contribution >= 0.6 is 31.9 Å². The van der Waals surface area contributed by atoms with Crippen molar-refractivity contribution in [2.75, 3.05) is 0 Å². The largest absolute Gasteiger partial charge is 0.272 e. The molecule has 1 N–H and O–H groups in total. The van der Waals surface area contributed by atoms with Gasteiger partial charge in [-0.15, -0.1) is 0 Å². The molecule has 0 saturated heterocycles. The highest BCUT2D eigenvalue weighted by atomic mass is 79.9. The molecular weight excluding hydrogens is 396 g/mol. The Morgan fingerprint density at radius 1 is 1.38 bits per heavy atom. The Morgan fingerprint density at radius 3 is 2.33 bits per heavy atom. The number of carbonyl (C=O) groups excluding carboxylic acids is 1. The number of rotatable bonds is 4. The van der Waals surface area contributed by atoms with E-state index in [4.69, 9.17) is 0 Å². The van der Waals surface area contributed by atoms with Gasteiger partial charge in [-0.2, -0.15) is 5.10 Å². The van der Waals surface area contributed by atoms with Crippen LogP contribution in [0.3, 0.4) is 0 Å². The molecule has 2 aliphatic carbocycles. The maximum Gasteiger partial charge on any atom is 0.248 e. The van der Waals surface area contributed by atoms with Crippen LogP contribution in [0.15, 0.2) is 5.10 Å². The van der Waals surface area contributed by atoms with Gasteiger partial charge in [0.2, 0.25) is 5.91 Å². The summed E-state index contributed by atoms with van der Waals surface area (Å²) in [5, 5.41) is 4.37. The summed E-state index contributed by atoms with van der Waals surface area (Å²) >= 11 is 7.04. The molecule has 2 aliphatic rings. The normalized spacial score (nSPS) is 31.7. The quantitative estimate of drug-likeness (QED) is 0.504. The summed E-state index contributed by atoms with van der Waals surface area (Å²) in [6, 6.07) is 0. The first-order chi connectivity index (χ1) is 9.62. The van der Waals surface area contributed by atoms with Crippen molar-refractivity contribution in [3.05, 3.63) is 0 Å². The highest BCUT2D eigenvalue weighted by molar-refractivity contribution is 9.25. The van der Waals surface area contributed by atoms with Gasteiger partial charge in [0.25, 0.3) is 0 Å². The van der Waals surface area contributed by atoms with Crippen LogP contribution in [0.1, 0.15) is 66.2 Å². The van der Waals surface area contributed by atoms with E-state index in [1.165, 1.54) is 19.3 Å². The Bertz CT molecular complexity index is 449. The lowest BCUT2D eigenvalue weighted by molar-refractivity contribution is -0.125. The van der Waals surface area contributed by atoms with E-state index < -0.39 is 5.41 Å². The molecule has 2 rings (SSSR count). The second-order valence-electron chi connectivity index (χ2n) is 7.45. The summed E-state index contributed by atoms with van der Waals surface area (Å²) in [6.07, 6.45) is 6.42. The Balaban J connectivity index is 1.85. The third kappa shape index (κ3) is 3.54. The minimum atomic E-state index is -0.390. The number of hydrogen-bond acceptors (Lipinski definition) is 2. The molecule has 0 aliphatic heterocycles. The number of nitrogens with one attached hydrogen (secondary N) is 1. The van der Waals surface area contributed by atoms with Crippen molar-refractivity contribution < 1.29 is 4.79 Å². The van der Waals surface area contributed by atoms with Crippen LogP contribution in [0.4, 0.5) is 0 Å². The van der Waals surface area contributed by atoms with E-state index in [1.807, 2.05) is 6.92 Å². The Hall–Kier alpha value is 0.1000. The van der Waals surface area contributed by atoms with Crippen molar-refractivity contribution in [3.63, 3.8) is 0 Å². The molecule has 3 nitrogen and oxygen atoms in total. The van der Waals surface area contributed by atoms with Crippen molar-refractivity contribution in [1.82, 2.24) is 5.43 Å². The van der Waals surface area contributed by atoms with Gasteiger partial charge in [-0.1, -0.05) is 59.1 Å². The zero-order chi connectivity index (χ0) is 15.9. The third-order valence-corrected chi connectivity index (χ3v) is 7.96.